The van der Waals surface area contributed by atoms with E-state index in [1.165, 1.54) is 6.08 Å². The first-order chi connectivity index (χ1) is 11.3. The first kappa shape index (κ1) is 17.1. The molecule has 0 unspecified atom stereocenters. The summed E-state index contributed by atoms with van der Waals surface area (Å²) < 4.78 is 39.7. The number of amides is 3. The zero-order valence-electron chi connectivity index (χ0n) is 12.7. The van der Waals surface area contributed by atoms with Gasteiger partial charge in [-0.05, 0) is 12.5 Å². The molecule has 11 nitrogen and oxygen atoms in total. The topological polar surface area (TPSA) is 135 Å². The van der Waals surface area contributed by atoms with Gasteiger partial charge in [0.25, 0.3) is 5.91 Å². The second-order valence-electron chi connectivity index (χ2n) is 5.82. The molecule has 0 aromatic rings. The van der Waals surface area contributed by atoms with Crippen LogP contribution in [0.3, 0.4) is 0 Å². The fraction of sp³-hybridized carbons (Fsp3) is 0.667. The fourth-order valence-electron chi connectivity index (χ4n) is 2.80. The van der Waals surface area contributed by atoms with Crippen molar-refractivity contribution in [3.8, 4) is 0 Å². The highest BCUT2D eigenvalue weighted by Crippen LogP contribution is 2.30. The van der Waals surface area contributed by atoms with Crippen molar-refractivity contribution in [3.05, 3.63) is 11.6 Å². The van der Waals surface area contributed by atoms with Crippen molar-refractivity contribution in [2.24, 2.45) is 5.92 Å². The van der Waals surface area contributed by atoms with Crippen LogP contribution in [-0.4, -0.2) is 73.3 Å². The highest BCUT2D eigenvalue weighted by Gasteiger charge is 2.48. The summed E-state index contributed by atoms with van der Waals surface area (Å²) in [5, 5.41) is 0.526. The maximum atomic E-state index is 12.3. The molecule has 3 amide bonds. The SMILES string of the molecule is CC1=C[C@@H]2CN(C(=O)N2OS(=O)(=O)O)[C@@H]1C(=O)NOCC1COC1. The molecule has 0 aromatic carbocycles. The van der Waals surface area contributed by atoms with Gasteiger partial charge in [-0.25, -0.2) is 10.3 Å². The highest BCUT2D eigenvalue weighted by atomic mass is 32.3. The second kappa shape index (κ2) is 6.29. The van der Waals surface area contributed by atoms with Crippen LogP contribution < -0.4 is 5.48 Å². The Bertz CT molecular complexity index is 674. The summed E-state index contributed by atoms with van der Waals surface area (Å²) >= 11 is 0. The third kappa shape index (κ3) is 3.37. The average molecular weight is 363 g/mol. The molecule has 134 valence electrons. The van der Waals surface area contributed by atoms with Crippen molar-refractivity contribution in [1.29, 1.82) is 0 Å². The summed E-state index contributed by atoms with van der Waals surface area (Å²) in [6.45, 7) is 3.14. The summed E-state index contributed by atoms with van der Waals surface area (Å²) in [5.41, 5.74) is 2.83. The van der Waals surface area contributed by atoms with E-state index >= 15 is 0 Å². The summed E-state index contributed by atoms with van der Waals surface area (Å²) in [6.07, 6.45) is 1.54. The first-order valence-electron chi connectivity index (χ1n) is 7.21. The molecule has 24 heavy (non-hydrogen) atoms. The Morgan fingerprint density at radius 1 is 1.50 bits per heavy atom. The number of nitrogens with one attached hydrogen (secondary N) is 1. The van der Waals surface area contributed by atoms with Crippen LogP contribution in [0.4, 0.5) is 4.79 Å². The van der Waals surface area contributed by atoms with Crippen molar-refractivity contribution >= 4 is 22.3 Å². The van der Waals surface area contributed by atoms with Crippen LogP contribution in [0.5, 0.6) is 0 Å². The van der Waals surface area contributed by atoms with Crippen LogP contribution in [-0.2, 0) is 29.1 Å². The number of fused-ring (bicyclic) bond motifs is 2. The number of carbonyl (C=O) groups is 2. The zero-order valence-corrected chi connectivity index (χ0v) is 13.6. The summed E-state index contributed by atoms with van der Waals surface area (Å²) in [7, 11) is -4.84. The number of hydroxylamine groups is 3. The maximum absolute atomic E-state index is 12.3. The number of hydrogen-bond donors (Lipinski definition) is 2. The molecule has 0 aromatic heterocycles. The Labute approximate surface area is 138 Å². The molecule has 2 N–H and O–H groups in total. The average Bonchev–Trinajstić information content (AvgIpc) is 2.65. The van der Waals surface area contributed by atoms with E-state index in [2.05, 4.69) is 9.76 Å². The van der Waals surface area contributed by atoms with E-state index in [0.717, 1.165) is 4.90 Å². The van der Waals surface area contributed by atoms with Gasteiger partial charge in [0.2, 0.25) is 0 Å². The lowest BCUT2D eigenvalue weighted by atomic mass is 10.0. The molecular weight excluding hydrogens is 346 g/mol. The van der Waals surface area contributed by atoms with Crippen LogP contribution in [0.25, 0.3) is 0 Å². The number of rotatable bonds is 6. The van der Waals surface area contributed by atoms with E-state index in [9.17, 15) is 18.0 Å². The number of nitrogens with zero attached hydrogens (tertiary/aromatic N) is 2. The molecule has 2 fully saturated rings. The molecule has 2 atom stereocenters. The largest absolute Gasteiger partial charge is 0.418 e. The van der Waals surface area contributed by atoms with E-state index in [1.54, 1.807) is 6.92 Å². The van der Waals surface area contributed by atoms with Gasteiger partial charge in [-0.3, -0.25) is 14.2 Å². The minimum atomic E-state index is -4.84. The molecule has 2 bridgehead atoms. The van der Waals surface area contributed by atoms with Gasteiger partial charge in [0.05, 0.1) is 32.4 Å². The van der Waals surface area contributed by atoms with Gasteiger partial charge in [0, 0.05) is 5.92 Å². The Kier molecular flexibility index (Phi) is 4.48. The smallest absolute Gasteiger partial charge is 0.381 e. The number of carbonyl (C=O) groups excluding carboxylic acids is 2. The number of hydrogen-bond acceptors (Lipinski definition) is 7. The summed E-state index contributed by atoms with van der Waals surface area (Å²) in [4.78, 5) is 30.8. The second-order valence-corrected chi connectivity index (χ2v) is 6.83. The van der Waals surface area contributed by atoms with E-state index in [4.69, 9.17) is 14.1 Å². The molecule has 3 rings (SSSR count). The normalized spacial score (nSPS) is 27.1. The van der Waals surface area contributed by atoms with Gasteiger partial charge in [-0.1, -0.05) is 6.08 Å². The molecule has 0 radical (unpaired) electrons. The molecule has 3 heterocycles. The Morgan fingerprint density at radius 2 is 2.21 bits per heavy atom. The molecule has 0 spiro atoms. The number of urea groups is 1. The van der Waals surface area contributed by atoms with Crippen molar-refractivity contribution in [2.75, 3.05) is 26.4 Å². The van der Waals surface area contributed by atoms with E-state index in [1.807, 2.05) is 0 Å². The quantitative estimate of drug-likeness (QED) is 0.343. The van der Waals surface area contributed by atoms with Gasteiger partial charge in [-0.15, -0.1) is 4.28 Å². The molecule has 3 aliphatic rings. The van der Waals surface area contributed by atoms with Crippen LogP contribution in [0, 0.1) is 5.92 Å². The van der Waals surface area contributed by atoms with Crippen molar-refractivity contribution in [3.63, 3.8) is 0 Å². The lowest BCUT2D eigenvalue weighted by molar-refractivity contribution is -0.144. The molecule has 3 aliphatic heterocycles. The van der Waals surface area contributed by atoms with Gasteiger partial charge in [0.15, 0.2) is 0 Å². The van der Waals surface area contributed by atoms with Crippen LogP contribution in [0.2, 0.25) is 0 Å². The molecule has 12 heteroatoms. The van der Waals surface area contributed by atoms with E-state index in [0.29, 0.717) is 30.5 Å². The molecule has 0 aliphatic carbocycles. The van der Waals surface area contributed by atoms with Crippen LogP contribution >= 0.6 is 0 Å². The molecule has 0 saturated carbocycles. The van der Waals surface area contributed by atoms with Gasteiger partial charge < -0.3 is 9.64 Å². The van der Waals surface area contributed by atoms with Gasteiger partial charge in [-0.2, -0.15) is 13.5 Å². The minimum absolute atomic E-state index is 0.0558. The standard InChI is InChI=1S/C12H17N3O8S/c1-7-2-9-3-14(12(17)15(9)23-24(18,19)20)10(7)11(16)13-22-6-8-4-21-5-8/h2,8-10H,3-6H2,1H3,(H,13,16)(H,18,19,20)/t9-,10+/m1/s1. The van der Waals surface area contributed by atoms with Gasteiger partial charge >= 0.3 is 16.4 Å². The van der Waals surface area contributed by atoms with E-state index < -0.39 is 34.4 Å². The summed E-state index contributed by atoms with van der Waals surface area (Å²) in [6, 6.07) is -2.49. The first-order valence-corrected chi connectivity index (χ1v) is 8.57. The van der Waals surface area contributed by atoms with Crippen molar-refractivity contribution < 1.29 is 36.4 Å². The Hall–Kier alpha value is -1.73. The van der Waals surface area contributed by atoms with E-state index in [-0.39, 0.29) is 12.5 Å². The monoisotopic (exact) mass is 363 g/mol. The van der Waals surface area contributed by atoms with Crippen molar-refractivity contribution in [2.45, 2.75) is 19.0 Å². The van der Waals surface area contributed by atoms with Crippen LogP contribution in [0.1, 0.15) is 6.92 Å². The lowest BCUT2D eigenvalue weighted by Crippen LogP contribution is -2.50. The minimum Gasteiger partial charge on any atom is -0.381 e. The summed E-state index contributed by atoms with van der Waals surface area (Å²) in [5.74, 6) is -0.325. The molecular formula is C12H17N3O8S. The Morgan fingerprint density at radius 3 is 2.79 bits per heavy atom. The third-order valence-corrected chi connectivity index (χ3v) is 4.29. The zero-order chi connectivity index (χ0) is 17.5. The number of ether oxygens (including phenoxy) is 1. The van der Waals surface area contributed by atoms with Crippen molar-refractivity contribution in [1.82, 2.24) is 15.4 Å². The lowest BCUT2D eigenvalue weighted by Gasteiger charge is -2.29. The van der Waals surface area contributed by atoms with Crippen LogP contribution in [0.15, 0.2) is 11.6 Å². The molecule has 2 saturated heterocycles. The predicted molar refractivity (Wildman–Crippen MR) is 76.3 cm³/mol. The van der Waals surface area contributed by atoms with Gasteiger partial charge in [0.1, 0.15) is 6.04 Å². The predicted octanol–water partition coefficient (Wildman–Crippen LogP) is -1.15. The third-order valence-electron chi connectivity index (χ3n) is 3.94. The Balaban J connectivity index is 1.65. The highest BCUT2D eigenvalue weighted by molar-refractivity contribution is 7.80. The fourth-order valence-corrected chi connectivity index (χ4v) is 3.18. The maximum Gasteiger partial charge on any atom is 0.418 e.